The maximum atomic E-state index is 5.72. The molecule has 0 unspecified atom stereocenters. The second-order valence-corrected chi connectivity index (χ2v) is 3.69. The van der Waals surface area contributed by atoms with Crippen molar-refractivity contribution in [3.8, 4) is 0 Å². The van der Waals surface area contributed by atoms with Crippen molar-refractivity contribution in [2.45, 2.75) is 27.2 Å². The lowest BCUT2D eigenvalue weighted by molar-refractivity contribution is 0.929. The first-order chi connectivity index (χ1) is 7.13. The molecule has 1 rings (SSSR count). The number of rotatable bonds is 3. The molecule has 0 amide bonds. The van der Waals surface area contributed by atoms with Gasteiger partial charge in [-0.3, -0.25) is 4.99 Å². The van der Waals surface area contributed by atoms with E-state index >= 15 is 0 Å². The van der Waals surface area contributed by atoms with Gasteiger partial charge in [0.1, 0.15) is 0 Å². The van der Waals surface area contributed by atoms with Gasteiger partial charge in [-0.05, 0) is 43.5 Å². The van der Waals surface area contributed by atoms with Crippen molar-refractivity contribution in [1.82, 2.24) is 0 Å². The van der Waals surface area contributed by atoms with E-state index < -0.39 is 0 Å². The minimum absolute atomic E-state index is 0.486. The molecule has 0 bridgehead atoms. The number of guanidine groups is 1. The summed E-state index contributed by atoms with van der Waals surface area (Å²) in [5, 5.41) is 3.07. The summed E-state index contributed by atoms with van der Waals surface area (Å²) < 4.78 is 0. The van der Waals surface area contributed by atoms with Crippen LogP contribution in [-0.2, 0) is 0 Å². The van der Waals surface area contributed by atoms with E-state index in [1.165, 1.54) is 11.1 Å². The highest BCUT2D eigenvalue weighted by atomic mass is 15.1. The third kappa shape index (κ3) is 3.62. The molecule has 0 radical (unpaired) electrons. The minimum Gasteiger partial charge on any atom is -0.370 e. The summed E-state index contributed by atoms with van der Waals surface area (Å²) in [4.78, 5) is 4.17. The molecule has 0 aliphatic rings. The van der Waals surface area contributed by atoms with E-state index in [1.54, 1.807) is 0 Å². The summed E-state index contributed by atoms with van der Waals surface area (Å²) in [6, 6.07) is 6.16. The predicted molar refractivity (Wildman–Crippen MR) is 66.3 cm³/mol. The van der Waals surface area contributed by atoms with Gasteiger partial charge in [0, 0.05) is 12.2 Å². The molecule has 0 fully saturated rings. The number of nitrogens with zero attached hydrogens (tertiary/aromatic N) is 1. The largest absolute Gasteiger partial charge is 0.370 e. The molecular weight excluding hydrogens is 186 g/mol. The van der Waals surface area contributed by atoms with E-state index in [1.807, 2.05) is 6.07 Å². The molecule has 0 spiro atoms. The lowest BCUT2D eigenvalue weighted by Crippen LogP contribution is -2.22. The molecule has 82 valence electrons. The molecule has 3 N–H and O–H groups in total. The number of hydrogen-bond acceptors (Lipinski definition) is 1. The van der Waals surface area contributed by atoms with Crippen LogP contribution in [0.5, 0.6) is 0 Å². The van der Waals surface area contributed by atoms with E-state index in [0.717, 1.165) is 18.7 Å². The van der Waals surface area contributed by atoms with Gasteiger partial charge in [0.05, 0.1) is 0 Å². The van der Waals surface area contributed by atoms with E-state index in [2.05, 4.69) is 43.2 Å². The van der Waals surface area contributed by atoms with Gasteiger partial charge in [0.2, 0.25) is 0 Å². The maximum absolute atomic E-state index is 5.72. The van der Waals surface area contributed by atoms with Crippen LogP contribution in [0.4, 0.5) is 5.69 Å². The Kier molecular flexibility index (Phi) is 4.16. The van der Waals surface area contributed by atoms with Gasteiger partial charge in [-0.25, -0.2) is 0 Å². The molecule has 3 heteroatoms. The summed E-state index contributed by atoms with van der Waals surface area (Å²) in [7, 11) is 0. The summed E-state index contributed by atoms with van der Waals surface area (Å²) in [5.41, 5.74) is 9.25. The molecular formula is C12H19N3. The zero-order valence-electron chi connectivity index (χ0n) is 9.67. The number of hydrogen-bond donors (Lipinski definition) is 2. The quantitative estimate of drug-likeness (QED) is 0.588. The molecule has 0 saturated carbocycles. The molecule has 0 aliphatic heterocycles. The first kappa shape index (κ1) is 11.6. The molecule has 0 heterocycles. The smallest absolute Gasteiger partial charge is 0.193 e. The van der Waals surface area contributed by atoms with Crippen LogP contribution in [0.1, 0.15) is 24.5 Å². The Morgan fingerprint density at radius 1 is 1.33 bits per heavy atom. The van der Waals surface area contributed by atoms with Gasteiger partial charge in [-0.15, -0.1) is 0 Å². The second-order valence-electron chi connectivity index (χ2n) is 3.69. The van der Waals surface area contributed by atoms with Crippen LogP contribution in [-0.4, -0.2) is 12.5 Å². The maximum Gasteiger partial charge on any atom is 0.193 e. The Balaban J connectivity index is 2.68. The first-order valence-corrected chi connectivity index (χ1v) is 5.27. The van der Waals surface area contributed by atoms with Gasteiger partial charge < -0.3 is 11.1 Å². The van der Waals surface area contributed by atoms with Gasteiger partial charge in [0.25, 0.3) is 0 Å². The molecule has 3 nitrogen and oxygen atoms in total. The van der Waals surface area contributed by atoms with Gasteiger partial charge in [-0.1, -0.05) is 13.0 Å². The van der Waals surface area contributed by atoms with E-state index in [0.29, 0.717) is 5.96 Å². The van der Waals surface area contributed by atoms with Gasteiger partial charge in [-0.2, -0.15) is 0 Å². The third-order valence-corrected chi connectivity index (χ3v) is 2.29. The van der Waals surface area contributed by atoms with Crippen molar-refractivity contribution in [1.29, 1.82) is 0 Å². The number of nitrogens with two attached hydrogens (primary N) is 1. The molecule has 0 aromatic heterocycles. The van der Waals surface area contributed by atoms with Crippen molar-refractivity contribution in [3.05, 3.63) is 29.3 Å². The van der Waals surface area contributed by atoms with Crippen LogP contribution >= 0.6 is 0 Å². The highest BCUT2D eigenvalue weighted by molar-refractivity contribution is 5.92. The number of benzene rings is 1. The Labute approximate surface area is 91.4 Å². The highest BCUT2D eigenvalue weighted by Gasteiger charge is 1.97. The van der Waals surface area contributed by atoms with Crippen LogP contribution < -0.4 is 11.1 Å². The van der Waals surface area contributed by atoms with Crippen molar-refractivity contribution in [2.24, 2.45) is 10.7 Å². The van der Waals surface area contributed by atoms with Crippen LogP contribution in [0.25, 0.3) is 0 Å². The number of nitrogens with one attached hydrogen (secondary N) is 1. The van der Waals surface area contributed by atoms with Crippen LogP contribution in [0.15, 0.2) is 23.2 Å². The zero-order chi connectivity index (χ0) is 11.3. The van der Waals surface area contributed by atoms with E-state index in [-0.39, 0.29) is 0 Å². The number of aliphatic imine (C=N–C) groups is 1. The first-order valence-electron chi connectivity index (χ1n) is 5.27. The fourth-order valence-corrected chi connectivity index (χ4v) is 1.24. The molecule has 0 atom stereocenters. The third-order valence-electron chi connectivity index (χ3n) is 2.29. The van der Waals surface area contributed by atoms with Crippen molar-refractivity contribution in [3.63, 3.8) is 0 Å². The number of aryl methyl sites for hydroxylation is 2. The normalized spacial score (nSPS) is 11.5. The van der Waals surface area contributed by atoms with Crippen molar-refractivity contribution < 1.29 is 0 Å². The fraction of sp³-hybridized carbons (Fsp3) is 0.417. The van der Waals surface area contributed by atoms with E-state index in [4.69, 9.17) is 5.73 Å². The Morgan fingerprint density at radius 2 is 2.07 bits per heavy atom. The second kappa shape index (κ2) is 5.39. The SMILES string of the molecule is CCCN=C(N)Nc1ccc(C)c(C)c1. The standard InChI is InChI=1S/C12H19N3/c1-4-7-14-12(13)15-11-6-5-9(2)10(3)8-11/h5-6,8H,4,7H2,1-3H3,(H3,13,14,15). The lowest BCUT2D eigenvalue weighted by atomic mass is 10.1. The predicted octanol–water partition coefficient (Wildman–Crippen LogP) is 2.44. The Morgan fingerprint density at radius 3 is 2.67 bits per heavy atom. The minimum atomic E-state index is 0.486. The summed E-state index contributed by atoms with van der Waals surface area (Å²) >= 11 is 0. The molecule has 1 aromatic carbocycles. The Bertz CT molecular complexity index is 356. The lowest BCUT2D eigenvalue weighted by Gasteiger charge is -2.07. The van der Waals surface area contributed by atoms with Crippen LogP contribution in [0, 0.1) is 13.8 Å². The van der Waals surface area contributed by atoms with Gasteiger partial charge >= 0.3 is 0 Å². The number of anilines is 1. The van der Waals surface area contributed by atoms with Gasteiger partial charge in [0.15, 0.2) is 5.96 Å². The molecule has 1 aromatic rings. The zero-order valence-corrected chi connectivity index (χ0v) is 9.67. The fourth-order valence-electron chi connectivity index (χ4n) is 1.24. The summed E-state index contributed by atoms with van der Waals surface area (Å²) in [6.45, 7) is 7.02. The van der Waals surface area contributed by atoms with Crippen molar-refractivity contribution >= 4 is 11.6 Å². The molecule has 0 aliphatic carbocycles. The average molecular weight is 205 g/mol. The Hall–Kier alpha value is -1.51. The van der Waals surface area contributed by atoms with E-state index in [9.17, 15) is 0 Å². The molecule has 0 saturated heterocycles. The highest BCUT2D eigenvalue weighted by Crippen LogP contribution is 2.13. The summed E-state index contributed by atoms with van der Waals surface area (Å²) in [6.07, 6.45) is 1.01. The van der Waals surface area contributed by atoms with Crippen molar-refractivity contribution in [2.75, 3.05) is 11.9 Å². The topological polar surface area (TPSA) is 50.4 Å². The van der Waals surface area contributed by atoms with Crippen LogP contribution in [0.2, 0.25) is 0 Å². The average Bonchev–Trinajstić information content (AvgIpc) is 2.20. The van der Waals surface area contributed by atoms with Crippen LogP contribution in [0.3, 0.4) is 0 Å². The monoisotopic (exact) mass is 205 g/mol. The summed E-state index contributed by atoms with van der Waals surface area (Å²) in [5.74, 6) is 0.486. The molecule has 15 heavy (non-hydrogen) atoms.